The van der Waals surface area contributed by atoms with E-state index < -0.39 is 0 Å². The fourth-order valence-corrected chi connectivity index (χ4v) is 2.43. The summed E-state index contributed by atoms with van der Waals surface area (Å²) in [7, 11) is 3.16. The first kappa shape index (κ1) is 15.4. The summed E-state index contributed by atoms with van der Waals surface area (Å²) in [5.41, 5.74) is 1.42. The molecule has 0 saturated heterocycles. The fraction of sp³-hybridized carbons (Fsp3) is 0.471. The first-order valence-corrected chi connectivity index (χ1v) is 7.33. The number of esters is 1. The molecule has 1 aliphatic rings. The predicted octanol–water partition coefficient (Wildman–Crippen LogP) is 3.53. The molecule has 0 N–H and O–H groups in total. The molecule has 1 aromatic rings. The smallest absolute Gasteiger partial charge is 0.342 e. The average molecular weight is 290 g/mol. The Morgan fingerprint density at radius 1 is 1.05 bits per heavy atom. The summed E-state index contributed by atoms with van der Waals surface area (Å²) in [6.07, 6.45) is 8.96. The highest BCUT2D eigenvalue weighted by atomic mass is 16.5. The molecule has 4 heteroatoms. The Balaban J connectivity index is 2.39. The zero-order chi connectivity index (χ0) is 15.1. The number of ether oxygens (including phenoxy) is 3. The summed E-state index contributed by atoms with van der Waals surface area (Å²) in [6.45, 7) is 0.446. The Hall–Kier alpha value is -1.97. The van der Waals surface area contributed by atoms with Crippen molar-refractivity contribution >= 4 is 5.97 Å². The number of hydrogen-bond acceptors (Lipinski definition) is 4. The van der Waals surface area contributed by atoms with E-state index in [1.54, 1.807) is 20.3 Å². The van der Waals surface area contributed by atoms with Crippen LogP contribution in [0.1, 0.15) is 41.6 Å². The Kier molecular flexibility index (Phi) is 5.67. The minimum Gasteiger partial charge on any atom is -0.497 e. The lowest BCUT2D eigenvalue weighted by molar-refractivity contribution is 0.0493. The minimum absolute atomic E-state index is 0.311. The maximum Gasteiger partial charge on any atom is 0.342 e. The van der Waals surface area contributed by atoms with Crippen molar-refractivity contribution in [3.05, 3.63) is 35.4 Å². The molecule has 1 aromatic carbocycles. The molecule has 0 bridgehead atoms. The van der Waals surface area contributed by atoms with Crippen LogP contribution in [0, 0.1) is 0 Å². The highest BCUT2D eigenvalue weighted by Gasteiger charge is 2.20. The number of carbonyl (C=O) groups is 1. The molecule has 1 heterocycles. The van der Waals surface area contributed by atoms with Crippen LogP contribution in [0.25, 0.3) is 0 Å². The van der Waals surface area contributed by atoms with E-state index in [2.05, 4.69) is 12.2 Å². The van der Waals surface area contributed by atoms with Crippen molar-refractivity contribution in [1.82, 2.24) is 0 Å². The van der Waals surface area contributed by atoms with Crippen LogP contribution in [0.2, 0.25) is 0 Å². The second kappa shape index (κ2) is 7.72. The summed E-state index contributed by atoms with van der Waals surface area (Å²) >= 11 is 0. The van der Waals surface area contributed by atoms with Gasteiger partial charge in [-0.25, -0.2) is 4.79 Å². The van der Waals surface area contributed by atoms with E-state index in [0.29, 0.717) is 23.7 Å². The van der Waals surface area contributed by atoms with Gasteiger partial charge in [-0.1, -0.05) is 12.2 Å². The van der Waals surface area contributed by atoms with Gasteiger partial charge in [0.2, 0.25) is 0 Å². The van der Waals surface area contributed by atoms with Gasteiger partial charge < -0.3 is 14.2 Å². The molecule has 0 radical (unpaired) electrons. The molecule has 114 valence electrons. The van der Waals surface area contributed by atoms with Crippen molar-refractivity contribution in [1.29, 1.82) is 0 Å². The predicted molar refractivity (Wildman–Crippen MR) is 81.1 cm³/mol. The van der Waals surface area contributed by atoms with Gasteiger partial charge in [-0.2, -0.15) is 0 Å². The third-order valence-electron chi connectivity index (χ3n) is 3.56. The largest absolute Gasteiger partial charge is 0.497 e. The topological polar surface area (TPSA) is 44.8 Å². The van der Waals surface area contributed by atoms with Crippen molar-refractivity contribution < 1.29 is 19.0 Å². The molecule has 4 nitrogen and oxygen atoms in total. The molecule has 1 aliphatic heterocycles. The molecular weight excluding hydrogens is 268 g/mol. The Morgan fingerprint density at radius 3 is 2.62 bits per heavy atom. The number of cyclic esters (lactones) is 1. The third kappa shape index (κ3) is 4.00. The van der Waals surface area contributed by atoms with Crippen LogP contribution in [0.4, 0.5) is 0 Å². The molecule has 2 rings (SSSR count). The molecule has 0 amide bonds. The molecule has 0 saturated carbocycles. The van der Waals surface area contributed by atoms with Crippen LogP contribution in [0.15, 0.2) is 24.3 Å². The maximum absolute atomic E-state index is 12.3. The number of hydrogen-bond donors (Lipinski definition) is 0. The van der Waals surface area contributed by atoms with Crippen LogP contribution < -0.4 is 9.47 Å². The molecule has 0 fully saturated rings. The highest BCUT2D eigenvalue weighted by Crippen LogP contribution is 2.30. The lowest BCUT2D eigenvalue weighted by Gasteiger charge is -2.15. The summed E-state index contributed by atoms with van der Waals surface area (Å²) in [4.78, 5) is 12.3. The molecule has 0 spiro atoms. The Morgan fingerprint density at radius 2 is 1.86 bits per heavy atom. The van der Waals surface area contributed by atoms with Gasteiger partial charge >= 0.3 is 5.97 Å². The van der Waals surface area contributed by atoms with Crippen LogP contribution in [-0.4, -0.2) is 26.8 Å². The summed E-state index contributed by atoms with van der Waals surface area (Å²) in [5.74, 6) is 0.888. The van der Waals surface area contributed by atoms with E-state index in [9.17, 15) is 4.79 Å². The van der Waals surface area contributed by atoms with Gasteiger partial charge in [-0.15, -0.1) is 0 Å². The highest BCUT2D eigenvalue weighted by molar-refractivity contribution is 5.94. The van der Waals surface area contributed by atoms with Crippen LogP contribution in [0.5, 0.6) is 11.5 Å². The molecule has 0 unspecified atom stereocenters. The summed E-state index contributed by atoms with van der Waals surface area (Å²) in [5, 5.41) is 0. The standard InChI is InChI=1S/C17H22O4/c1-19-14-11-13-9-7-5-3-4-6-8-10-21-17(18)16(13)15(12-14)20-2/h3,5,11-12H,4,6-10H2,1-2H3/b5-3-. The maximum atomic E-state index is 12.3. The van der Waals surface area contributed by atoms with Crippen LogP contribution in [-0.2, 0) is 11.2 Å². The number of allylic oxidation sites excluding steroid dienone is 2. The molecular formula is C17H22O4. The van der Waals surface area contributed by atoms with E-state index in [-0.39, 0.29) is 5.97 Å². The number of fused-ring (bicyclic) bond motifs is 1. The number of aryl methyl sites for hydroxylation is 1. The molecule has 21 heavy (non-hydrogen) atoms. The van der Waals surface area contributed by atoms with Gasteiger partial charge in [0.15, 0.2) is 0 Å². The summed E-state index contributed by atoms with van der Waals surface area (Å²) < 4.78 is 16.0. The first-order chi connectivity index (χ1) is 10.3. The molecule has 0 aromatic heterocycles. The van der Waals surface area contributed by atoms with Crippen molar-refractivity contribution in [2.45, 2.75) is 32.1 Å². The third-order valence-corrected chi connectivity index (χ3v) is 3.56. The van der Waals surface area contributed by atoms with Gasteiger partial charge in [0.25, 0.3) is 0 Å². The lowest BCUT2D eigenvalue weighted by atomic mass is 10.0. The van der Waals surface area contributed by atoms with Crippen molar-refractivity contribution in [2.75, 3.05) is 20.8 Å². The van der Waals surface area contributed by atoms with Gasteiger partial charge in [0, 0.05) is 6.07 Å². The van der Waals surface area contributed by atoms with Crippen molar-refractivity contribution in [3.63, 3.8) is 0 Å². The van der Waals surface area contributed by atoms with Crippen molar-refractivity contribution in [3.8, 4) is 11.5 Å². The quantitative estimate of drug-likeness (QED) is 0.617. The fourth-order valence-electron chi connectivity index (χ4n) is 2.43. The first-order valence-electron chi connectivity index (χ1n) is 7.33. The normalized spacial score (nSPS) is 17.7. The van der Waals surface area contributed by atoms with Gasteiger partial charge in [-0.05, 0) is 43.7 Å². The average Bonchev–Trinajstić information content (AvgIpc) is 2.50. The van der Waals surface area contributed by atoms with E-state index >= 15 is 0 Å². The zero-order valence-corrected chi connectivity index (χ0v) is 12.7. The van der Waals surface area contributed by atoms with Gasteiger partial charge in [0.05, 0.1) is 20.8 Å². The number of rotatable bonds is 2. The van der Waals surface area contributed by atoms with E-state index in [0.717, 1.165) is 37.7 Å². The zero-order valence-electron chi connectivity index (χ0n) is 12.7. The molecule has 0 atom stereocenters. The van der Waals surface area contributed by atoms with Gasteiger partial charge in [0.1, 0.15) is 17.1 Å². The summed E-state index contributed by atoms with van der Waals surface area (Å²) in [6, 6.07) is 3.61. The number of carbonyl (C=O) groups excluding carboxylic acids is 1. The number of benzene rings is 1. The van der Waals surface area contributed by atoms with Gasteiger partial charge in [-0.3, -0.25) is 0 Å². The molecule has 0 aliphatic carbocycles. The van der Waals surface area contributed by atoms with Crippen LogP contribution >= 0.6 is 0 Å². The second-order valence-electron chi connectivity index (χ2n) is 5.01. The minimum atomic E-state index is -0.311. The number of methoxy groups -OCH3 is 2. The lowest BCUT2D eigenvalue weighted by Crippen LogP contribution is -2.12. The van der Waals surface area contributed by atoms with Crippen LogP contribution in [0.3, 0.4) is 0 Å². The monoisotopic (exact) mass is 290 g/mol. The van der Waals surface area contributed by atoms with E-state index in [1.807, 2.05) is 6.07 Å². The van der Waals surface area contributed by atoms with E-state index in [1.165, 1.54) is 0 Å². The van der Waals surface area contributed by atoms with Crippen molar-refractivity contribution in [2.24, 2.45) is 0 Å². The Bertz CT molecular complexity index is 520. The SMILES string of the molecule is COc1cc2c(c(OC)c1)C(=O)OCCCC/C=C\CC2. The Labute approximate surface area is 125 Å². The second-order valence-corrected chi connectivity index (χ2v) is 5.01. The van der Waals surface area contributed by atoms with E-state index in [4.69, 9.17) is 14.2 Å².